The minimum atomic E-state index is -0.326. The second kappa shape index (κ2) is 8.49. The van der Waals surface area contributed by atoms with Crippen LogP contribution in [-0.2, 0) is 11.3 Å². The number of hydrogen-bond acceptors (Lipinski definition) is 7. The topological polar surface area (TPSA) is 92.9 Å². The normalized spacial score (nSPS) is 13.0. The van der Waals surface area contributed by atoms with Gasteiger partial charge in [0.15, 0.2) is 10.9 Å². The number of carbonyl (C=O) groups is 1. The number of fused-ring (bicyclic) bond motifs is 1. The molecule has 3 aromatic rings. The van der Waals surface area contributed by atoms with Crippen molar-refractivity contribution in [3.63, 3.8) is 0 Å². The highest BCUT2D eigenvalue weighted by Gasteiger charge is 2.20. The van der Waals surface area contributed by atoms with E-state index in [0.717, 1.165) is 15.7 Å². The van der Waals surface area contributed by atoms with Gasteiger partial charge in [-0.2, -0.15) is 0 Å². The molecule has 0 aliphatic carbocycles. The van der Waals surface area contributed by atoms with Gasteiger partial charge in [0.05, 0.1) is 30.6 Å². The van der Waals surface area contributed by atoms with Crippen molar-refractivity contribution in [1.29, 1.82) is 0 Å². The molecule has 8 nitrogen and oxygen atoms in total. The largest absolute Gasteiger partial charge is 0.462 e. The fraction of sp³-hybridized carbons (Fsp3) is 0.412. The fourth-order valence-corrected chi connectivity index (χ4v) is 4.17. The summed E-state index contributed by atoms with van der Waals surface area (Å²) in [4.78, 5) is 26.8. The van der Waals surface area contributed by atoms with Crippen LogP contribution in [0.25, 0.3) is 4.96 Å². The maximum absolute atomic E-state index is 12.0. The molecular weight excluding hydrogens is 384 g/mol. The molecule has 2 N–H and O–H groups in total. The predicted molar refractivity (Wildman–Crippen MR) is 108 cm³/mol. The van der Waals surface area contributed by atoms with Crippen LogP contribution in [0.15, 0.2) is 22.8 Å². The smallest absolute Gasteiger partial charge is 0.350 e. The van der Waals surface area contributed by atoms with Crippen molar-refractivity contribution in [2.45, 2.75) is 33.4 Å². The quantitative estimate of drug-likeness (QED) is 0.371. The van der Waals surface area contributed by atoms with Gasteiger partial charge in [-0.25, -0.2) is 14.8 Å². The van der Waals surface area contributed by atoms with Gasteiger partial charge in [0, 0.05) is 24.8 Å². The molecule has 0 fully saturated rings. The van der Waals surface area contributed by atoms with Gasteiger partial charge in [-0.1, -0.05) is 0 Å². The molecular formula is C17H22N6O2S2. The third-order valence-corrected chi connectivity index (χ3v) is 5.89. The van der Waals surface area contributed by atoms with Gasteiger partial charge in [0.2, 0.25) is 0 Å². The molecule has 1 atom stereocenters. The van der Waals surface area contributed by atoms with Gasteiger partial charge in [0.1, 0.15) is 9.88 Å². The molecule has 0 spiro atoms. The lowest BCUT2D eigenvalue weighted by atomic mass is 10.3. The number of thiazole rings is 2. The molecule has 0 amide bonds. The summed E-state index contributed by atoms with van der Waals surface area (Å²) >= 11 is 2.94. The molecule has 10 heteroatoms. The standard InChI is InChI=1S/C17H22N6O2S2/c1-5-25-15(24)13-10(2)20-14(27-13)11(3)21-16(18-4)19-8-12-9-23-6-7-26-17(23)22-12/h6-7,9,11H,5,8H2,1-4H3,(H2,18,19,21). The van der Waals surface area contributed by atoms with Crippen LogP contribution in [0.5, 0.6) is 0 Å². The average molecular weight is 407 g/mol. The van der Waals surface area contributed by atoms with E-state index in [2.05, 4.69) is 25.6 Å². The van der Waals surface area contributed by atoms with Gasteiger partial charge in [-0.15, -0.1) is 22.7 Å². The fourth-order valence-electron chi connectivity index (χ4n) is 2.49. The highest BCUT2D eigenvalue weighted by molar-refractivity contribution is 7.15. The van der Waals surface area contributed by atoms with Crippen molar-refractivity contribution in [2.75, 3.05) is 13.7 Å². The van der Waals surface area contributed by atoms with Crippen LogP contribution < -0.4 is 10.6 Å². The number of ether oxygens (including phenoxy) is 1. The van der Waals surface area contributed by atoms with Crippen molar-refractivity contribution in [3.8, 4) is 0 Å². The third-order valence-electron chi connectivity index (χ3n) is 3.80. The summed E-state index contributed by atoms with van der Waals surface area (Å²) < 4.78 is 7.07. The van der Waals surface area contributed by atoms with Crippen LogP contribution >= 0.6 is 22.7 Å². The van der Waals surface area contributed by atoms with Crippen LogP contribution in [0, 0.1) is 6.92 Å². The van der Waals surface area contributed by atoms with E-state index in [-0.39, 0.29) is 12.0 Å². The number of aryl methyl sites for hydroxylation is 1. The average Bonchev–Trinajstić information content (AvgIpc) is 3.33. The second-order valence-corrected chi connectivity index (χ2v) is 7.71. The monoisotopic (exact) mass is 406 g/mol. The molecule has 1 unspecified atom stereocenters. The second-order valence-electron chi connectivity index (χ2n) is 5.80. The molecule has 0 saturated heterocycles. The zero-order valence-corrected chi connectivity index (χ0v) is 17.3. The molecule has 3 aromatic heterocycles. The summed E-state index contributed by atoms with van der Waals surface area (Å²) in [7, 11) is 1.71. The van der Waals surface area contributed by atoms with E-state index in [1.54, 1.807) is 25.3 Å². The van der Waals surface area contributed by atoms with E-state index < -0.39 is 0 Å². The molecule has 27 heavy (non-hydrogen) atoms. The molecule has 0 aliphatic heterocycles. The summed E-state index contributed by atoms with van der Waals surface area (Å²) in [6.45, 7) is 6.50. The minimum absolute atomic E-state index is 0.103. The molecule has 0 radical (unpaired) electrons. The highest BCUT2D eigenvalue weighted by atomic mass is 32.1. The Labute approximate surface area is 165 Å². The van der Waals surface area contributed by atoms with Crippen molar-refractivity contribution < 1.29 is 9.53 Å². The number of hydrogen-bond donors (Lipinski definition) is 2. The Hall–Kier alpha value is -2.46. The SMILES string of the molecule is CCOC(=O)c1sc(C(C)NC(=NC)NCc2cn3ccsc3n2)nc1C. The Morgan fingerprint density at radius 2 is 2.26 bits per heavy atom. The number of guanidine groups is 1. The maximum atomic E-state index is 12.0. The van der Waals surface area contributed by atoms with Crippen LogP contribution in [0.4, 0.5) is 0 Å². The Kier molecular flexibility index (Phi) is 6.07. The highest BCUT2D eigenvalue weighted by Crippen LogP contribution is 2.24. The number of aliphatic imine (C=N–C) groups is 1. The zero-order valence-electron chi connectivity index (χ0n) is 15.6. The summed E-state index contributed by atoms with van der Waals surface area (Å²) in [6.07, 6.45) is 3.98. The molecule has 0 bridgehead atoms. The van der Waals surface area contributed by atoms with Gasteiger partial charge in [0.25, 0.3) is 0 Å². The van der Waals surface area contributed by atoms with E-state index in [4.69, 9.17) is 4.74 Å². The van der Waals surface area contributed by atoms with E-state index in [9.17, 15) is 4.79 Å². The van der Waals surface area contributed by atoms with E-state index in [1.165, 1.54) is 11.3 Å². The maximum Gasteiger partial charge on any atom is 0.350 e. The number of imidazole rings is 1. The number of nitrogens with zero attached hydrogens (tertiary/aromatic N) is 4. The number of aromatic nitrogens is 3. The van der Waals surface area contributed by atoms with Crippen molar-refractivity contribution in [1.82, 2.24) is 25.0 Å². The lowest BCUT2D eigenvalue weighted by molar-refractivity contribution is 0.0531. The first-order valence-corrected chi connectivity index (χ1v) is 10.2. The van der Waals surface area contributed by atoms with Crippen LogP contribution in [0.3, 0.4) is 0 Å². The van der Waals surface area contributed by atoms with Gasteiger partial charge < -0.3 is 15.4 Å². The summed E-state index contributed by atoms with van der Waals surface area (Å²) in [6, 6.07) is -0.103. The number of carbonyl (C=O) groups excluding carboxylic acids is 1. The van der Waals surface area contributed by atoms with Gasteiger partial charge >= 0.3 is 5.97 Å². The predicted octanol–water partition coefficient (Wildman–Crippen LogP) is 2.76. The summed E-state index contributed by atoms with van der Waals surface area (Å²) in [5.74, 6) is 0.317. The summed E-state index contributed by atoms with van der Waals surface area (Å²) in [5.41, 5.74) is 1.62. The van der Waals surface area contributed by atoms with Gasteiger partial charge in [-0.3, -0.25) is 9.39 Å². The Morgan fingerprint density at radius 3 is 2.96 bits per heavy atom. The van der Waals surface area contributed by atoms with E-state index in [1.807, 2.05) is 36.0 Å². The first-order valence-electron chi connectivity index (χ1n) is 8.54. The van der Waals surface area contributed by atoms with Crippen molar-refractivity contribution >= 4 is 39.6 Å². The Morgan fingerprint density at radius 1 is 1.44 bits per heavy atom. The molecule has 144 valence electrons. The van der Waals surface area contributed by atoms with Crippen LogP contribution in [-0.4, -0.2) is 40.0 Å². The molecule has 0 aromatic carbocycles. The molecule has 3 heterocycles. The molecule has 3 rings (SSSR count). The Balaban J connectivity index is 1.61. The first-order chi connectivity index (χ1) is 13.0. The zero-order chi connectivity index (χ0) is 19.4. The van der Waals surface area contributed by atoms with Crippen molar-refractivity contribution in [3.05, 3.63) is 39.0 Å². The van der Waals surface area contributed by atoms with Crippen LogP contribution in [0.2, 0.25) is 0 Å². The lowest BCUT2D eigenvalue weighted by Crippen LogP contribution is -2.38. The van der Waals surface area contributed by atoms with Crippen molar-refractivity contribution in [2.24, 2.45) is 4.99 Å². The minimum Gasteiger partial charge on any atom is -0.462 e. The lowest BCUT2D eigenvalue weighted by Gasteiger charge is -2.15. The molecule has 0 aliphatic rings. The van der Waals surface area contributed by atoms with E-state index >= 15 is 0 Å². The number of nitrogens with one attached hydrogen (secondary N) is 2. The number of rotatable bonds is 6. The van der Waals surface area contributed by atoms with Crippen LogP contribution in [0.1, 0.15) is 46.0 Å². The first kappa shape index (κ1) is 19.3. The van der Waals surface area contributed by atoms with E-state index in [0.29, 0.717) is 29.7 Å². The summed E-state index contributed by atoms with van der Waals surface area (Å²) in [5, 5.41) is 9.36. The number of esters is 1. The third kappa shape index (κ3) is 4.45. The van der Waals surface area contributed by atoms with Gasteiger partial charge in [-0.05, 0) is 20.8 Å². The Bertz CT molecular complexity index is 929. The molecule has 0 saturated carbocycles.